The Labute approximate surface area is 144 Å². The van der Waals surface area contributed by atoms with Gasteiger partial charge in [-0.15, -0.1) is 12.4 Å². The number of alkyl halides is 3. The number of halogens is 5. The van der Waals surface area contributed by atoms with Crippen LogP contribution in [0.25, 0.3) is 0 Å². The van der Waals surface area contributed by atoms with E-state index in [9.17, 15) is 22.4 Å². The van der Waals surface area contributed by atoms with Gasteiger partial charge in [0.1, 0.15) is 5.82 Å². The summed E-state index contributed by atoms with van der Waals surface area (Å²) in [5, 5.41) is 2.60. The van der Waals surface area contributed by atoms with E-state index in [4.69, 9.17) is 5.73 Å². The number of nitrogens with two attached hydrogens (primary N) is 1. The zero-order chi connectivity index (χ0) is 17.0. The summed E-state index contributed by atoms with van der Waals surface area (Å²) >= 11 is 0. The first kappa shape index (κ1) is 20.7. The van der Waals surface area contributed by atoms with Crippen molar-refractivity contribution in [2.24, 2.45) is 11.7 Å². The topological polar surface area (TPSA) is 55.1 Å². The Bertz CT molecular complexity index is 559. The summed E-state index contributed by atoms with van der Waals surface area (Å²) in [6.07, 6.45) is 0.397. The average molecular weight is 369 g/mol. The third-order valence-corrected chi connectivity index (χ3v) is 4.33. The molecule has 1 aliphatic carbocycles. The molecule has 0 bridgehead atoms. The van der Waals surface area contributed by atoms with Gasteiger partial charge in [-0.2, -0.15) is 13.2 Å². The molecule has 0 saturated heterocycles. The highest BCUT2D eigenvalue weighted by atomic mass is 35.5. The highest BCUT2D eigenvalue weighted by Crippen LogP contribution is 2.31. The van der Waals surface area contributed by atoms with Crippen molar-refractivity contribution in [3.05, 3.63) is 35.1 Å². The molecular weight excluding hydrogens is 348 g/mol. The SMILES string of the molecule is Cl.NCC(NC(=O)c1cc(C(F)(F)F)ccc1F)C1CCCCC1. The number of benzene rings is 1. The van der Waals surface area contributed by atoms with Gasteiger partial charge in [0.25, 0.3) is 5.91 Å². The van der Waals surface area contributed by atoms with E-state index < -0.39 is 29.0 Å². The summed E-state index contributed by atoms with van der Waals surface area (Å²) < 4.78 is 51.9. The van der Waals surface area contributed by atoms with Gasteiger partial charge in [0.15, 0.2) is 0 Å². The molecule has 1 aliphatic rings. The van der Waals surface area contributed by atoms with Gasteiger partial charge in [-0.3, -0.25) is 4.79 Å². The van der Waals surface area contributed by atoms with E-state index >= 15 is 0 Å². The quantitative estimate of drug-likeness (QED) is 0.792. The van der Waals surface area contributed by atoms with Crippen LogP contribution in [0.15, 0.2) is 18.2 Å². The Kier molecular flexibility index (Phi) is 7.48. The second-order valence-electron chi connectivity index (χ2n) is 5.91. The van der Waals surface area contributed by atoms with Crippen LogP contribution in [0.2, 0.25) is 0 Å². The highest BCUT2D eigenvalue weighted by molar-refractivity contribution is 5.94. The molecule has 3 N–H and O–H groups in total. The number of rotatable bonds is 4. The minimum atomic E-state index is -4.63. The van der Waals surface area contributed by atoms with E-state index in [0.29, 0.717) is 18.2 Å². The van der Waals surface area contributed by atoms with Gasteiger partial charge in [-0.25, -0.2) is 4.39 Å². The second kappa shape index (κ2) is 8.67. The van der Waals surface area contributed by atoms with Crippen LogP contribution in [0.3, 0.4) is 0 Å². The monoisotopic (exact) mass is 368 g/mol. The van der Waals surface area contributed by atoms with E-state index in [-0.39, 0.29) is 30.9 Å². The molecule has 1 unspecified atom stereocenters. The van der Waals surface area contributed by atoms with Crippen molar-refractivity contribution in [3.63, 3.8) is 0 Å². The number of carbonyl (C=O) groups excluding carboxylic acids is 1. The minimum absolute atomic E-state index is 0. The summed E-state index contributed by atoms with van der Waals surface area (Å²) in [6.45, 7) is 0.178. The highest BCUT2D eigenvalue weighted by Gasteiger charge is 2.32. The smallest absolute Gasteiger partial charge is 0.348 e. The molecule has 8 heteroatoms. The molecule has 0 radical (unpaired) electrons. The summed E-state index contributed by atoms with van der Waals surface area (Å²) in [6, 6.07) is 1.47. The van der Waals surface area contributed by atoms with Crippen LogP contribution in [0.5, 0.6) is 0 Å². The molecule has 2 rings (SSSR count). The average Bonchev–Trinajstić information content (AvgIpc) is 2.52. The lowest BCUT2D eigenvalue weighted by Crippen LogP contribution is -2.46. The molecule has 1 aromatic rings. The summed E-state index contributed by atoms with van der Waals surface area (Å²) in [4.78, 5) is 12.2. The Morgan fingerprint density at radius 3 is 2.42 bits per heavy atom. The van der Waals surface area contributed by atoms with E-state index in [1.54, 1.807) is 0 Å². The van der Waals surface area contributed by atoms with Crippen LogP contribution in [0, 0.1) is 11.7 Å². The Morgan fingerprint density at radius 1 is 1.25 bits per heavy atom. The van der Waals surface area contributed by atoms with Crippen LogP contribution in [0.4, 0.5) is 17.6 Å². The molecular formula is C16H21ClF4N2O. The van der Waals surface area contributed by atoms with Gasteiger partial charge in [0.05, 0.1) is 11.1 Å². The lowest BCUT2D eigenvalue weighted by atomic mass is 9.84. The van der Waals surface area contributed by atoms with Crippen LogP contribution >= 0.6 is 12.4 Å². The van der Waals surface area contributed by atoms with E-state index in [1.807, 2.05) is 0 Å². The molecule has 0 heterocycles. The van der Waals surface area contributed by atoms with Crippen LogP contribution < -0.4 is 11.1 Å². The molecule has 1 amide bonds. The predicted octanol–water partition coefficient (Wildman–Crippen LogP) is 3.90. The minimum Gasteiger partial charge on any atom is -0.348 e. The molecule has 136 valence electrons. The number of carbonyl (C=O) groups is 1. The molecule has 1 atom stereocenters. The molecule has 0 aliphatic heterocycles. The number of nitrogens with one attached hydrogen (secondary N) is 1. The van der Waals surface area contributed by atoms with Gasteiger partial charge >= 0.3 is 6.18 Å². The molecule has 24 heavy (non-hydrogen) atoms. The Balaban J connectivity index is 0.00000288. The van der Waals surface area contributed by atoms with Crippen molar-refractivity contribution in [3.8, 4) is 0 Å². The van der Waals surface area contributed by atoms with Crippen molar-refractivity contribution >= 4 is 18.3 Å². The normalized spacial score (nSPS) is 17.0. The van der Waals surface area contributed by atoms with E-state index in [2.05, 4.69) is 5.32 Å². The van der Waals surface area contributed by atoms with Crippen LogP contribution in [-0.4, -0.2) is 18.5 Å². The van der Waals surface area contributed by atoms with Crippen molar-refractivity contribution in [2.75, 3.05) is 6.54 Å². The largest absolute Gasteiger partial charge is 0.416 e. The van der Waals surface area contributed by atoms with Gasteiger partial charge < -0.3 is 11.1 Å². The maximum atomic E-state index is 13.7. The van der Waals surface area contributed by atoms with Crippen LogP contribution in [0.1, 0.15) is 48.0 Å². The first-order valence-electron chi connectivity index (χ1n) is 7.70. The third-order valence-electron chi connectivity index (χ3n) is 4.33. The maximum Gasteiger partial charge on any atom is 0.416 e. The second-order valence-corrected chi connectivity index (χ2v) is 5.91. The molecule has 0 aromatic heterocycles. The molecule has 3 nitrogen and oxygen atoms in total. The fourth-order valence-electron chi connectivity index (χ4n) is 3.03. The van der Waals surface area contributed by atoms with Gasteiger partial charge in [0, 0.05) is 12.6 Å². The molecule has 0 spiro atoms. The number of amides is 1. The Morgan fingerprint density at radius 2 is 1.88 bits per heavy atom. The van der Waals surface area contributed by atoms with Gasteiger partial charge in [0.2, 0.25) is 0 Å². The van der Waals surface area contributed by atoms with Crippen molar-refractivity contribution in [2.45, 2.75) is 44.3 Å². The van der Waals surface area contributed by atoms with E-state index in [0.717, 1.165) is 32.1 Å². The summed E-state index contributed by atoms with van der Waals surface area (Å²) in [7, 11) is 0. The maximum absolute atomic E-state index is 13.7. The number of hydrogen-bond donors (Lipinski definition) is 2. The lowest BCUT2D eigenvalue weighted by molar-refractivity contribution is -0.137. The van der Waals surface area contributed by atoms with Crippen molar-refractivity contribution in [1.82, 2.24) is 5.32 Å². The number of hydrogen-bond acceptors (Lipinski definition) is 2. The lowest BCUT2D eigenvalue weighted by Gasteiger charge is -2.30. The molecule has 1 fully saturated rings. The third kappa shape index (κ3) is 5.08. The first-order valence-corrected chi connectivity index (χ1v) is 7.70. The zero-order valence-electron chi connectivity index (χ0n) is 13.0. The zero-order valence-corrected chi connectivity index (χ0v) is 13.9. The Hall–Kier alpha value is -1.34. The van der Waals surface area contributed by atoms with Gasteiger partial charge in [-0.05, 0) is 37.0 Å². The predicted molar refractivity (Wildman–Crippen MR) is 85.5 cm³/mol. The van der Waals surface area contributed by atoms with Gasteiger partial charge in [-0.1, -0.05) is 19.3 Å². The van der Waals surface area contributed by atoms with Crippen molar-refractivity contribution in [1.29, 1.82) is 0 Å². The molecule has 1 aromatic carbocycles. The summed E-state index contributed by atoms with van der Waals surface area (Å²) in [5.74, 6) is -1.64. The standard InChI is InChI=1S/C16H20F4N2O.ClH/c17-13-7-6-11(16(18,19)20)8-12(13)15(23)22-14(9-21)10-4-2-1-3-5-10;/h6-8,10,14H,1-5,9,21H2,(H,22,23);1H. The fourth-order valence-corrected chi connectivity index (χ4v) is 3.03. The molecule has 1 saturated carbocycles. The first-order chi connectivity index (χ1) is 10.8. The van der Waals surface area contributed by atoms with Crippen molar-refractivity contribution < 1.29 is 22.4 Å². The van der Waals surface area contributed by atoms with E-state index in [1.165, 1.54) is 0 Å². The fraction of sp³-hybridized carbons (Fsp3) is 0.562. The van der Waals surface area contributed by atoms with Crippen LogP contribution in [-0.2, 0) is 6.18 Å². The summed E-state index contributed by atoms with van der Waals surface area (Å²) in [5.41, 5.74) is 4.03.